The molecule has 0 radical (unpaired) electrons. The Balaban J connectivity index is 0.00000145. The quantitative estimate of drug-likeness (QED) is 0.549. The van der Waals surface area contributed by atoms with Gasteiger partial charge in [-0.15, -0.1) is 11.3 Å². The van der Waals surface area contributed by atoms with Crippen molar-refractivity contribution in [1.82, 2.24) is 15.3 Å². The molecule has 0 fully saturated rings. The molecule has 0 saturated carbocycles. The van der Waals surface area contributed by atoms with E-state index in [1.54, 1.807) is 18.8 Å². The Morgan fingerprint density at radius 2 is 2.03 bits per heavy atom. The van der Waals surface area contributed by atoms with Crippen LogP contribution in [0.2, 0.25) is 0 Å². The number of hydrogen-bond acceptors (Lipinski definition) is 5. The summed E-state index contributed by atoms with van der Waals surface area (Å²) in [4.78, 5) is 21.4. The summed E-state index contributed by atoms with van der Waals surface area (Å²) in [5.74, 6) is 0.247. The molecule has 1 N–H and O–H groups in total. The van der Waals surface area contributed by atoms with Crippen molar-refractivity contribution in [3.05, 3.63) is 64.8 Å². The van der Waals surface area contributed by atoms with Crippen LogP contribution in [0.4, 0.5) is 4.39 Å². The molecule has 1 amide bonds. The second kappa shape index (κ2) is 11.3. The van der Waals surface area contributed by atoms with Gasteiger partial charge < -0.3 is 10.1 Å². The first-order valence-corrected chi connectivity index (χ1v) is 10.4. The van der Waals surface area contributed by atoms with E-state index in [4.69, 9.17) is 4.74 Å². The van der Waals surface area contributed by atoms with Crippen molar-refractivity contribution < 1.29 is 13.9 Å². The molecule has 0 bridgehead atoms. The fraction of sp³-hybridized carbons (Fsp3) is 0.318. The fourth-order valence-corrected chi connectivity index (χ4v) is 3.59. The molecule has 0 spiro atoms. The van der Waals surface area contributed by atoms with Gasteiger partial charge in [-0.2, -0.15) is 0 Å². The first kappa shape index (κ1) is 22.5. The van der Waals surface area contributed by atoms with Gasteiger partial charge in [-0.25, -0.2) is 9.37 Å². The first-order valence-electron chi connectivity index (χ1n) is 9.54. The van der Waals surface area contributed by atoms with Crippen molar-refractivity contribution in [3.63, 3.8) is 0 Å². The molecule has 2 aromatic heterocycles. The molecule has 2 heterocycles. The van der Waals surface area contributed by atoms with E-state index >= 15 is 0 Å². The van der Waals surface area contributed by atoms with Gasteiger partial charge in [0.25, 0.3) is 5.91 Å². The molecule has 0 aliphatic carbocycles. The number of pyridine rings is 1. The van der Waals surface area contributed by atoms with Crippen LogP contribution in [-0.4, -0.2) is 29.5 Å². The van der Waals surface area contributed by atoms with Gasteiger partial charge >= 0.3 is 0 Å². The van der Waals surface area contributed by atoms with Crippen LogP contribution >= 0.6 is 11.3 Å². The van der Waals surface area contributed by atoms with Crippen molar-refractivity contribution in [2.75, 3.05) is 13.7 Å². The van der Waals surface area contributed by atoms with Crippen LogP contribution < -0.4 is 10.1 Å². The van der Waals surface area contributed by atoms with E-state index in [-0.39, 0.29) is 11.7 Å². The Labute approximate surface area is 175 Å². The highest BCUT2D eigenvalue weighted by molar-refractivity contribution is 7.13. The van der Waals surface area contributed by atoms with Crippen LogP contribution in [0.5, 0.6) is 5.75 Å². The zero-order valence-electron chi connectivity index (χ0n) is 17.2. The monoisotopic (exact) mass is 415 g/mol. The van der Waals surface area contributed by atoms with Gasteiger partial charge in [-0.1, -0.05) is 13.8 Å². The average molecular weight is 416 g/mol. The Bertz CT molecular complexity index is 943. The maximum atomic E-state index is 13.1. The highest BCUT2D eigenvalue weighted by atomic mass is 32.1. The van der Waals surface area contributed by atoms with Crippen molar-refractivity contribution in [1.29, 1.82) is 0 Å². The molecule has 7 heteroatoms. The third-order valence-corrected chi connectivity index (χ3v) is 5.00. The summed E-state index contributed by atoms with van der Waals surface area (Å²) in [5, 5.41) is 2.88. The molecular weight excluding hydrogens is 389 g/mol. The molecule has 154 valence electrons. The topological polar surface area (TPSA) is 64.1 Å². The number of carbonyl (C=O) groups excluding carboxylic acids is 1. The third-order valence-electron chi connectivity index (χ3n) is 4.13. The van der Waals surface area contributed by atoms with Crippen molar-refractivity contribution in [3.8, 4) is 16.2 Å². The van der Waals surface area contributed by atoms with Gasteiger partial charge in [0.15, 0.2) is 0 Å². The molecule has 0 unspecified atom stereocenters. The minimum Gasteiger partial charge on any atom is -0.496 e. The number of benzene rings is 1. The molecule has 1 aromatic carbocycles. The second-order valence-electron chi connectivity index (χ2n) is 6.09. The largest absolute Gasteiger partial charge is 0.496 e. The van der Waals surface area contributed by atoms with Crippen molar-refractivity contribution in [2.45, 2.75) is 33.6 Å². The third kappa shape index (κ3) is 6.09. The number of aromatic nitrogens is 2. The summed E-state index contributed by atoms with van der Waals surface area (Å²) >= 11 is 1.43. The van der Waals surface area contributed by atoms with Gasteiger partial charge in [0.2, 0.25) is 0 Å². The number of halogens is 1. The number of nitrogens with one attached hydrogen (secondary N) is 1. The number of thiazole rings is 1. The summed E-state index contributed by atoms with van der Waals surface area (Å²) < 4.78 is 18.4. The van der Waals surface area contributed by atoms with Crippen LogP contribution in [0.15, 0.2) is 42.2 Å². The van der Waals surface area contributed by atoms with E-state index in [9.17, 15) is 9.18 Å². The van der Waals surface area contributed by atoms with E-state index < -0.39 is 0 Å². The zero-order chi connectivity index (χ0) is 21.2. The minimum atomic E-state index is -0.349. The molecule has 29 heavy (non-hydrogen) atoms. The van der Waals surface area contributed by atoms with Crippen LogP contribution in [0.25, 0.3) is 10.4 Å². The minimum absolute atomic E-state index is 0.211. The number of nitrogens with zero attached hydrogens (tertiary/aromatic N) is 2. The predicted molar refractivity (Wildman–Crippen MR) is 115 cm³/mol. The molecule has 0 aliphatic heterocycles. The Morgan fingerprint density at radius 3 is 2.72 bits per heavy atom. The number of rotatable bonds is 7. The summed E-state index contributed by atoms with van der Waals surface area (Å²) in [7, 11) is 1.63. The number of carbonyl (C=O) groups is 1. The normalized spacial score (nSPS) is 10.1. The summed E-state index contributed by atoms with van der Waals surface area (Å²) in [6.07, 6.45) is 4.15. The molecule has 0 atom stereocenters. The first-order chi connectivity index (χ1) is 14.1. The lowest BCUT2D eigenvalue weighted by Crippen LogP contribution is -2.25. The number of ether oxygens (including phenoxy) is 1. The van der Waals surface area contributed by atoms with E-state index in [0.29, 0.717) is 25.1 Å². The van der Waals surface area contributed by atoms with E-state index in [1.807, 2.05) is 39.0 Å². The standard InChI is InChI=1S/C20H20FN3O2S.C2H6/c1-13-8-15(5-6-17(13)26-2)19-18(24-12-27-19)20(25)23-7-3-4-14-9-16(21)11-22-10-14;1-2/h5-6,8-12H,3-4,7H2,1-2H3,(H,23,25);1-2H3. The number of amides is 1. The highest BCUT2D eigenvalue weighted by Crippen LogP contribution is 2.31. The van der Waals surface area contributed by atoms with Crippen LogP contribution in [0.1, 0.15) is 41.9 Å². The van der Waals surface area contributed by atoms with Gasteiger partial charge in [0.05, 0.1) is 23.7 Å². The molecular formula is C22H26FN3O2S. The second-order valence-corrected chi connectivity index (χ2v) is 6.94. The van der Waals surface area contributed by atoms with Gasteiger partial charge in [0.1, 0.15) is 17.3 Å². The Hall–Kier alpha value is -2.80. The molecule has 3 rings (SSSR count). The van der Waals surface area contributed by atoms with E-state index in [2.05, 4.69) is 15.3 Å². The molecule has 0 aliphatic rings. The van der Waals surface area contributed by atoms with Crippen molar-refractivity contribution in [2.24, 2.45) is 0 Å². The summed E-state index contributed by atoms with van der Waals surface area (Å²) in [6, 6.07) is 7.26. The van der Waals surface area contributed by atoms with Gasteiger partial charge in [-0.05, 0) is 60.7 Å². The maximum absolute atomic E-state index is 13.1. The summed E-state index contributed by atoms with van der Waals surface area (Å²) in [6.45, 7) is 6.44. The van der Waals surface area contributed by atoms with Crippen LogP contribution in [-0.2, 0) is 6.42 Å². The Morgan fingerprint density at radius 1 is 1.24 bits per heavy atom. The van der Waals surface area contributed by atoms with Crippen molar-refractivity contribution >= 4 is 17.2 Å². The summed E-state index contributed by atoms with van der Waals surface area (Å²) in [5.41, 5.74) is 4.83. The van der Waals surface area contributed by atoms with E-state index in [1.165, 1.54) is 23.6 Å². The van der Waals surface area contributed by atoms with Crippen LogP contribution in [0.3, 0.4) is 0 Å². The zero-order valence-corrected chi connectivity index (χ0v) is 18.0. The smallest absolute Gasteiger partial charge is 0.271 e. The number of hydrogen-bond donors (Lipinski definition) is 1. The van der Waals surface area contributed by atoms with E-state index in [0.717, 1.165) is 27.3 Å². The predicted octanol–water partition coefficient (Wildman–Crippen LogP) is 5.05. The van der Waals surface area contributed by atoms with Crippen LogP contribution in [0, 0.1) is 12.7 Å². The highest BCUT2D eigenvalue weighted by Gasteiger charge is 2.16. The van der Waals surface area contributed by atoms with Gasteiger partial charge in [-0.3, -0.25) is 9.78 Å². The maximum Gasteiger partial charge on any atom is 0.271 e. The van der Waals surface area contributed by atoms with Gasteiger partial charge in [0, 0.05) is 12.7 Å². The molecule has 5 nitrogen and oxygen atoms in total. The lowest BCUT2D eigenvalue weighted by atomic mass is 10.1. The number of aryl methyl sites for hydroxylation is 2. The SMILES string of the molecule is CC.COc1ccc(-c2scnc2C(=O)NCCCc2cncc(F)c2)cc1C. The Kier molecular flexibility index (Phi) is 8.73. The lowest BCUT2D eigenvalue weighted by Gasteiger charge is -2.08. The molecule has 3 aromatic rings. The number of methoxy groups -OCH3 is 1. The fourth-order valence-electron chi connectivity index (χ4n) is 2.80. The molecule has 0 saturated heterocycles. The average Bonchev–Trinajstić information content (AvgIpc) is 3.22. The lowest BCUT2D eigenvalue weighted by molar-refractivity contribution is 0.0949.